The van der Waals surface area contributed by atoms with Crippen LogP contribution in [-0.4, -0.2) is 67.8 Å². The number of rotatable bonds is 8. The summed E-state index contributed by atoms with van der Waals surface area (Å²) in [6.07, 6.45) is 0. The molecule has 0 heterocycles. The van der Waals surface area contributed by atoms with Crippen LogP contribution >= 0.6 is 0 Å². The lowest BCUT2D eigenvalue weighted by molar-refractivity contribution is -0.142. The minimum atomic E-state index is -1.06. The van der Waals surface area contributed by atoms with Crippen molar-refractivity contribution < 1.29 is 24.2 Å². The molecule has 0 aromatic carbocycles. The summed E-state index contributed by atoms with van der Waals surface area (Å²) >= 11 is 0. The van der Waals surface area contributed by atoms with Crippen LogP contribution in [0.1, 0.15) is 6.92 Å². The number of likely N-dealkylation sites (N-methyl/N-ethyl adjacent to an activating group) is 2. The van der Waals surface area contributed by atoms with Crippen LogP contribution in [0.3, 0.4) is 0 Å². The average molecular weight is 261 g/mol. The van der Waals surface area contributed by atoms with E-state index in [4.69, 9.17) is 9.84 Å². The molecule has 0 saturated heterocycles. The van der Waals surface area contributed by atoms with Gasteiger partial charge in [0.1, 0.15) is 13.2 Å². The van der Waals surface area contributed by atoms with Crippen LogP contribution in [-0.2, 0) is 14.3 Å². The molecule has 0 aromatic rings. The summed E-state index contributed by atoms with van der Waals surface area (Å²) in [5.41, 5.74) is 0. The van der Waals surface area contributed by atoms with Crippen LogP contribution in [0.4, 0.5) is 4.79 Å². The van der Waals surface area contributed by atoms with E-state index >= 15 is 0 Å². The van der Waals surface area contributed by atoms with Crippen molar-refractivity contribution in [2.24, 2.45) is 0 Å². The first kappa shape index (κ1) is 16.2. The zero-order valence-corrected chi connectivity index (χ0v) is 10.6. The molecule has 0 aliphatic heterocycles. The van der Waals surface area contributed by atoms with Crippen molar-refractivity contribution in [3.63, 3.8) is 0 Å². The molecule has 0 radical (unpaired) electrons. The topological polar surface area (TPSA) is 108 Å². The molecule has 0 atom stereocenters. The van der Waals surface area contributed by atoms with Gasteiger partial charge >= 0.3 is 12.0 Å². The molecule has 18 heavy (non-hydrogen) atoms. The highest BCUT2D eigenvalue weighted by Gasteiger charge is 2.13. The highest BCUT2D eigenvalue weighted by Crippen LogP contribution is 1.88. The van der Waals surface area contributed by atoms with E-state index in [1.54, 1.807) is 6.92 Å². The van der Waals surface area contributed by atoms with E-state index in [2.05, 4.69) is 10.6 Å². The minimum Gasteiger partial charge on any atom is -0.480 e. The second kappa shape index (κ2) is 9.23. The van der Waals surface area contributed by atoms with Gasteiger partial charge in [0.2, 0.25) is 5.91 Å². The third-order valence-corrected chi connectivity index (χ3v) is 2.03. The molecular formula is C10H19N3O5. The number of carboxylic acids is 1. The number of amides is 3. The van der Waals surface area contributed by atoms with Crippen molar-refractivity contribution in [3.05, 3.63) is 0 Å². The Morgan fingerprint density at radius 1 is 1.33 bits per heavy atom. The first-order valence-corrected chi connectivity index (χ1v) is 5.54. The number of nitrogens with one attached hydrogen (secondary N) is 2. The fourth-order valence-corrected chi connectivity index (χ4v) is 1.08. The molecule has 104 valence electrons. The fourth-order valence-electron chi connectivity index (χ4n) is 1.08. The normalized spacial score (nSPS) is 9.67. The van der Waals surface area contributed by atoms with Gasteiger partial charge in [0.05, 0.1) is 6.61 Å². The number of carbonyl (C=O) groups is 3. The Morgan fingerprint density at radius 2 is 2.00 bits per heavy atom. The van der Waals surface area contributed by atoms with E-state index in [0.717, 1.165) is 0 Å². The van der Waals surface area contributed by atoms with Crippen molar-refractivity contribution in [3.8, 4) is 0 Å². The van der Waals surface area contributed by atoms with Crippen molar-refractivity contribution in [1.82, 2.24) is 15.5 Å². The Hall–Kier alpha value is -1.83. The second-order valence-electron chi connectivity index (χ2n) is 3.37. The molecule has 0 unspecified atom stereocenters. The Labute approximate surface area is 105 Å². The van der Waals surface area contributed by atoms with Crippen LogP contribution in [0.15, 0.2) is 0 Å². The Balaban J connectivity index is 3.83. The summed E-state index contributed by atoms with van der Waals surface area (Å²) in [5, 5.41) is 13.3. The molecule has 0 saturated carbocycles. The van der Waals surface area contributed by atoms with Crippen molar-refractivity contribution >= 4 is 17.9 Å². The molecule has 3 N–H and O–H groups in total. The van der Waals surface area contributed by atoms with E-state index in [9.17, 15) is 14.4 Å². The number of nitrogens with zero attached hydrogens (tertiary/aromatic N) is 1. The van der Waals surface area contributed by atoms with E-state index in [-0.39, 0.29) is 31.6 Å². The summed E-state index contributed by atoms with van der Waals surface area (Å²) in [6, 6.07) is -0.389. The van der Waals surface area contributed by atoms with E-state index < -0.39 is 12.6 Å². The maximum Gasteiger partial charge on any atom is 0.329 e. The average Bonchev–Trinajstić information content (AvgIpc) is 2.34. The predicted octanol–water partition coefficient (Wildman–Crippen LogP) is -1.13. The standard InChI is InChI=1S/C10H19N3O5/c1-3-13(6-8(14)11-2)10(17)12-4-5-18-7-9(15)16/h3-7H2,1-2H3,(H,11,14)(H,12,17)(H,15,16). The molecule has 0 bridgehead atoms. The minimum absolute atomic E-state index is 0.0190. The third kappa shape index (κ3) is 7.44. The third-order valence-electron chi connectivity index (χ3n) is 2.03. The van der Waals surface area contributed by atoms with E-state index in [1.165, 1.54) is 11.9 Å². The van der Waals surface area contributed by atoms with Crippen molar-refractivity contribution in [2.45, 2.75) is 6.92 Å². The SMILES string of the molecule is CCN(CC(=O)NC)C(=O)NCCOCC(=O)O. The molecule has 0 fully saturated rings. The molecule has 0 aromatic heterocycles. The first-order valence-electron chi connectivity index (χ1n) is 5.54. The Morgan fingerprint density at radius 3 is 2.50 bits per heavy atom. The summed E-state index contributed by atoms with van der Waals surface area (Å²) in [6.45, 7) is 2.03. The number of hydrogen-bond donors (Lipinski definition) is 3. The van der Waals surface area contributed by atoms with E-state index in [0.29, 0.717) is 6.54 Å². The molecule has 8 heteroatoms. The molecule has 0 aliphatic carbocycles. The quantitative estimate of drug-likeness (QED) is 0.479. The zero-order chi connectivity index (χ0) is 14.0. The van der Waals surface area contributed by atoms with Gasteiger partial charge in [-0.1, -0.05) is 0 Å². The van der Waals surface area contributed by atoms with Gasteiger partial charge in [0, 0.05) is 20.1 Å². The smallest absolute Gasteiger partial charge is 0.329 e. The summed E-state index contributed by atoms with van der Waals surface area (Å²) in [4.78, 5) is 34.2. The number of carboxylic acid groups (broad SMARTS) is 1. The monoisotopic (exact) mass is 261 g/mol. The van der Waals surface area contributed by atoms with Gasteiger partial charge in [-0.25, -0.2) is 9.59 Å². The highest BCUT2D eigenvalue weighted by atomic mass is 16.5. The molecular weight excluding hydrogens is 242 g/mol. The molecule has 0 aliphatic rings. The van der Waals surface area contributed by atoms with Gasteiger partial charge in [-0.3, -0.25) is 4.79 Å². The maximum atomic E-state index is 11.6. The number of carbonyl (C=O) groups excluding carboxylic acids is 2. The maximum absolute atomic E-state index is 11.6. The number of aliphatic carboxylic acids is 1. The molecule has 0 rings (SSSR count). The Kier molecular flexibility index (Phi) is 8.29. The predicted molar refractivity (Wildman–Crippen MR) is 63.2 cm³/mol. The van der Waals surface area contributed by atoms with Gasteiger partial charge in [-0.15, -0.1) is 0 Å². The van der Waals surface area contributed by atoms with Crippen molar-refractivity contribution in [2.75, 3.05) is 39.9 Å². The number of hydrogen-bond acceptors (Lipinski definition) is 4. The fraction of sp³-hybridized carbons (Fsp3) is 0.700. The number of ether oxygens (including phenoxy) is 1. The Bertz CT molecular complexity index is 295. The van der Waals surface area contributed by atoms with Gasteiger partial charge in [0.15, 0.2) is 0 Å². The van der Waals surface area contributed by atoms with Gasteiger partial charge < -0.3 is 25.4 Å². The van der Waals surface area contributed by atoms with Crippen LogP contribution < -0.4 is 10.6 Å². The molecule has 8 nitrogen and oxygen atoms in total. The van der Waals surface area contributed by atoms with E-state index in [1.807, 2.05) is 0 Å². The van der Waals surface area contributed by atoms with Gasteiger partial charge in [-0.05, 0) is 6.92 Å². The van der Waals surface area contributed by atoms with Crippen LogP contribution in [0.2, 0.25) is 0 Å². The number of urea groups is 1. The lowest BCUT2D eigenvalue weighted by atomic mass is 10.5. The van der Waals surface area contributed by atoms with Gasteiger partial charge in [0.25, 0.3) is 0 Å². The lowest BCUT2D eigenvalue weighted by Gasteiger charge is -2.20. The molecule has 0 spiro atoms. The van der Waals surface area contributed by atoms with Crippen LogP contribution in [0.5, 0.6) is 0 Å². The van der Waals surface area contributed by atoms with Crippen molar-refractivity contribution in [1.29, 1.82) is 0 Å². The van der Waals surface area contributed by atoms with Crippen LogP contribution in [0.25, 0.3) is 0 Å². The second-order valence-corrected chi connectivity index (χ2v) is 3.37. The van der Waals surface area contributed by atoms with Gasteiger partial charge in [-0.2, -0.15) is 0 Å². The largest absolute Gasteiger partial charge is 0.480 e. The zero-order valence-electron chi connectivity index (χ0n) is 10.6. The lowest BCUT2D eigenvalue weighted by Crippen LogP contribution is -2.45. The summed E-state index contributed by atoms with van der Waals surface area (Å²) in [7, 11) is 1.49. The summed E-state index contributed by atoms with van der Waals surface area (Å²) in [5.74, 6) is -1.31. The highest BCUT2D eigenvalue weighted by molar-refractivity contribution is 5.83. The summed E-state index contributed by atoms with van der Waals surface area (Å²) < 4.78 is 4.75. The van der Waals surface area contributed by atoms with Crippen LogP contribution in [0, 0.1) is 0 Å². The first-order chi connectivity index (χ1) is 8.51. The molecule has 3 amide bonds.